The lowest BCUT2D eigenvalue weighted by Crippen LogP contribution is -2.36. The Kier molecular flexibility index (Phi) is 3.27. The third-order valence-electron chi connectivity index (χ3n) is 2.31. The van der Waals surface area contributed by atoms with Gasteiger partial charge in [-0.05, 0) is 6.26 Å². The first-order chi connectivity index (χ1) is 7.31. The Morgan fingerprint density at radius 1 is 1.47 bits per heavy atom. The summed E-state index contributed by atoms with van der Waals surface area (Å²) in [5, 5.41) is 0.713. The van der Waals surface area contributed by atoms with Crippen molar-refractivity contribution in [1.29, 1.82) is 0 Å². The number of thioether (sulfide) groups is 1. The fraction of sp³-hybridized carbons (Fsp3) is 0.556. The van der Waals surface area contributed by atoms with E-state index in [2.05, 4.69) is 14.9 Å². The van der Waals surface area contributed by atoms with Crippen LogP contribution in [0, 0.1) is 0 Å². The van der Waals surface area contributed by atoms with Crippen molar-refractivity contribution < 1.29 is 4.74 Å². The molecular formula is C9H14N4OS. The summed E-state index contributed by atoms with van der Waals surface area (Å²) < 4.78 is 5.28. The van der Waals surface area contributed by atoms with Crippen LogP contribution in [0.3, 0.4) is 0 Å². The molecule has 1 aromatic heterocycles. The Morgan fingerprint density at radius 2 is 2.20 bits per heavy atom. The van der Waals surface area contributed by atoms with E-state index in [-0.39, 0.29) is 0 Å². The normalized spacial score (nSPS) is 16.7. The minimum absolute atomic E-state index is 0.552. The predicted molar refractivity (Wildman–Crippen MR) is 61.3 cm³/mol. The van der Waals surface area contributed by atoms with Crippen molar-refractivity contribution in [2.24, 2.45) is 0 Å². The molecule has 15 heavy (non-hydrogen) atoms. The van der Waals surface area contributed by atoms with Crippen molar-refractivity contribution in [1.82, 2.24) is 9.97 Å². The number of nitrogen functional groups attached to an aromatic ring is 1. The zero-order valence-electron chi connectivity index (χ0n) is 8.64. The summed E-state index contributed by atoms with van der Waals surface area (Å²) in [7, 11) is 0. The highest BCUT2D eigenvalue weighted by molar-refractivity contribution is 7.98. The minimum Gasteiger partial charge on any atom is -0.382 e. The molecule has 0 saturated carbocycles. The zero-order valence-corrected chi connectivity index (χ0v) is 9.46. The molecule has 0 atom stereocenters. The maximum absolute atomic E-state index is 5.88. The lowest BCUT2D eigenvalue weighted by Gasteiger charge is -2.28. The third-order valence-corrected chi connectivity index (χ3v) is 2.87. The average Bonchev–Trinajstić information content (AvgIpc) is 2.30. The number of hydrogen-bond donors (Lipinski definition) is 1. The molecule has 0 unspecified atom stereocenters. The number of nitrogens with two attached hydrogens (primary N) is 1. The van der Waals surface area contributed by atoms with E-state index >= 15 is 0 Å². The van der Waals surface area contributed by atoms with Gasteiger partial charge in [0.1, 0.15) is 0 Å². The number of hydrogen-bond acceptors (Lipinski definition) is 6. The maximum atomic E-state index is 5.88. The topological polar surface area (TPSA) is 64.3 Å². The van der Waals surface area contributed by atoms with E-state index in [4.69, 9.17) is 10.5 Å². The van der Waals surface area contributed by atoms with E-state index in [1.54, 1.807) is 6.20 Å². The molecule has 1 aliphatic rings. The van der Waals surface area contributed by atoms with Gasteiger partial charge in [-0.3, -0.25) is 0 Å². The molecule has 2 heterocycles. The Labute approximate surface area is 93.0 Å². The van der Waals surface area contributed by atoms with Crippen LogP contribution >= 0.6 is 11.8 Å². The molecular weight excluding hydrogens is 212 g/mol. The van der Waals surface area contributed by atoms with E-state index in [0.29, 0.717) is 11.0 Å². The van der Waals surface area contributed by atoms with Crippen molar-refractivity contribution in [2.75, 3.05) is 43.2 Å². The second-order valence-electron chi connectivity index (χ2n) is 3.23. The summed E-state index contributed by atoms with van der Waals surface area (Å²) in [6, 6.07) is 0. The van der Waals surface area contributed by atoms with Gasteiger partial charge in [-0.15, -0.1) is 0 Å². The van der Waals surface area contributed by atoms with Crippen LogP contribution in [0.15, 0.2) is 11.4 Å². The van der Waals surface area contributed by atoms with Crippen molar-refractivity contribution in [2.45, 2.75) is 5.16 Å². The van der Waals surface area contributed by atoms with E-state index in [9.17, 15) is 0 Å². The molecule has 1 aromatic rings. The molecule has 0 spiro atoms. The second kappa shape index (κ2) is 4.67. The van der Waals surface area contributed by atoms with Gasteiger partial charge < -0.3 is 15.4 Å². The highest BCUT2D eigenvalue weighted by Crippen LogP contribution is 2.22. The van der Waals surface area contributed by atoms with Crippen molar-refractivity contribution in [3.05, 3.63) is 6.20 Å². The molecule has 0 aliphatic carbocycles. The van der Waals surface area contributed by atoms with E-state index in [0.717, 1.165) is 32.0 Å². The lowest BCUT2D eigenvalue weighted by molar-refractivity contribution is 0.122. The van der Waals surface area contributed by atoms with Gasteiger partial charge >= 0.3 is 0 Å². The zero-order chi connectivity index (χ0) is 10.7. The summed E-state index contributed by atoms with van der Waals surface area (Å²) in [6.07, 6.45) is 3.72. The highest BCUT2D eigenvalue weighted by atomic mass is 32.2. The first-order valence-electron chi connectivity index (χ1n) is 4.80. The predicted octanol–water partition coefficient (Wildman–Crippen LogP) is 0.617. The summed E-state index contributed by atoms with van der Waals surface area (Å²) >= 11 is 1.49. The van der Waals surface area contributed by atoms with Crippen molar-refractivity contribution in [3.63, 3.8) is 0 Å². The van der Waals surface area contributed by atoms with Crippen LogP contribution < -0.4 is 10.6 Å². The number of anilines is 2. The molecule has 2 N–H and O–H groups in total. The smallest absolute Gasteiger partial charge is 0.189 e. The Bertz CT molecular complexity index is 341. The molecule has 0 radical (unpaired) electrons. The molecule has 82 valence electrons. The first-order valence-corrected chi connectivity index (χ1v) is 6.03. The van der Waals surface area contributed by atoms with Crippen LogP contribution in [0.2, 0.25) is 0 Å². The summed E-state index contributed by atoms with van der Waals surface area (Å²) in [4.78, 5) is 10.6. The monoisotopic (exact) mass is 226 g/mol. The number of aromatic nitrogens is 2. The van der Waals surface area contributed by atoms with Crippen molar-refractivity contribution in [3.8, 4) is 0 Å². The van der Waals surface area contributed by atoms with E-state index < -0.39 is 0 Å². The maximum Gasteiger partial charge on any atom is 0.189 e. The number of rotatable bonds is 2. The van der Waals surface area contributed by atoms with Gasteiger partial charge in [0.2, 0.25) is 0 Å². The van der Waals surface area contributed by atoms with Crippen LogP contribution in [0.25, 0.3) is 0 Å². The fourth-order valence-corrected chi connectivity index (χ4v) is 1.87. The van der Waals surface area contributed by atoms with Gasteiger partial charge in [-0.2, -0.15) is 0 Å². The van der Waals surface area contributed by atoms with Gasteiger partial charge in [-0.25, -0.2) is 9.97 Å². The molecule has 0 aromatic carbocycles. The number of morpholine rings is 1. The molecule has 0 amide bonds. The molecule has 1 saturated heterocycles. The van der Waals surface area contributed by atoms with Gasteiger partial charge in [0.25, 0.3) is 0 Å². The Morgan fingerprint density at radius 3 is 2.80 bits per heavy atom. The quantitative estimate of drug-likeness (QED) is 0.589. The standard InChI is InChI=1S/C9H14N4OS/c1-15-9-11-6-7(8(10)12-9)13-2-4-14-5-3-13/h6H,2-5H2,1H3,(H2,10,11,12). The number of ether oxygens (including phenoxy) is 1. The lowest BCUT2D eigenvalue weighted by atomic mass is 10.3. The van der Waals surface area contributed by atoms with Crippen molar-refractivity contribution >= 4 is 23.3 Å². The van der Waals surface area contributed by atoms with Crippen LogP contribution in [-0.2, 0) is 4.74 Å². The van der Waals surface area contributed by atoms with Crippen LogP contribution in [-0.4, -0.2) is 42.5 Å². The van der Waals surface area contributed by atoms with Gasteiger partial charge in [0, 0.05) is 13.1 Å². The average molecular weight is 226 g/mol. The van der Waals surface area contributed by atoms with E-state index in [1.807, 2.05) is 6.26 Å². The second-order valence-corrected chi connectivity index (χ2v) is 4.00. The molecule has 5 nitrogen and oxygen atoms in total. The molecule has 1 fully saturated rings. The summed E-state index contributed by atoms with van der Waals surface area (Å²) in [5.41, 5.74) is 6.79. The summed E-state index contributed by atoms with van der Waals surface area (Å²) in [6.45, 7) is 3.19. The summed E-state index contributed by atoms with van der Waals surface area (Å²) in [5.74, 6) is 0.552. The van der Waals surface area contributed by atoms with Gasteiger partial charge in [-0.1, -0.05) is 11.8 Å². The highest BCUT2D eigenvalue weighted by Gasteiger charge is 2.15. The molecule has 6 heteroatoms. The molecule has 0 bridgehead atoms. The third kappa shape index (κ3) is 2.32. The largest absolute Gasteiger partial charge is 0.382 e. The molecule has 2 rings (SSSR count). The Balaban J connectivity index is 2.19. The van der Waals surface area contributed by atoms with Crippen LogP contribution in [0.5, 0.6) is 0 Å². The Hall–Kier alpha value is -1.01. The minimum atomic E-state index is 0.552. The first kappa shape index (κ1) is 10.5. The molecule has 1 aliphatic heterocycles. The van der Waals surface area contributed by atoms with Crippen LogP contribution in [0.4, 0.5) is 11.5 Å². The van der Waals surface area contributed by atoms with Crippen LogP contribution in [0.1, 0.15) is 0 Å². The van der Waals surface area contributed by atoms with Gasteiger partial charge in [0.05, 0.1) is 25.1 Å². The van der Waals surface area contributed by atoms with E-state index in [1.165, 1.54) is 11.8 Å². The SMILES string of the molecule is CSc1ncc(N2CCOCC2)c(N)n1. The fourth-order valence-electron chi connectivity index (χ4n) is 1.52. The van der Waals surface area contributed by atoms with Gasteiger partial charge in [0.15, 0.2) is 11.0 Å². The number of nitrogens with zero attached hydrogens (tertiary/aromatic N) is 3.